The van der Waals surface area contributed by atoms with Crippen molar-refractivity contribution in [3.8, 4) is 5.75 Å². The third kappa shape index (κ3) is 4.10. The molecule has 0 N–H and O–H groups in total. The first kappa shape index (κ1) is 21.2. The van der Waals surface area contributed by atoms with Gasteiger partial charge in [-0.3, -0.25) is 9.59 Å². The summed E-state index contributed by atoms with van der Waals surface area (Å²) in [6.45, 7) is -0.207. The summed E-state index contributed by atoms with van der Waals surface area (Å²) in [5.41, 5.74) is 0.665. The van der Waals surface area contributed by atoms with Gasteiger partial charge in [0.1, 0.15) is 11.6 Å². The number of hydrogen-bond acceptors (Lipinski definition) is 4. The molecule has 0 unspecified atom stereocenters. The highest BCUT2D eigenvalue weighted by atomic mass is 32.1. The summed E-state index contributed by atoms with van der Waals surface area (Å²) in [6.07, 6.45) is 0. The minimum Gasteiger partial charge on any atom is -0.434 e. The van der Waals surface area contributed by atoms with Crippen molar-refractivity contribution in [2.75, 3.05) is 26.2 Å². The highest BCUT2D eigenvalue weighted by Gasteiger charge is 2.29. The zero-order valence-corrected chi connectivity index (χ0v) is 17.4. The third-order valence-electron chi connectivity index (χ3n) is 5.28. The first-order chi connectivity index (χ1) is 14.9. The molecule has 2 aromatic carbocycles. The van der Waals surface area contributed by atoms with E-state index in [9.17, 15) is 22.8 Å². The summed E-state index contributed by atoms with van der Waals surface area (Å²) < 4.78 is 44.6. The standard InChI is InChI=1S/C22H19F3N2O3S/c1-13-18-15(23)6-4-8-17(18)31-19(13)21(29)27-11-9-26(10-12-27)20(28)14-5-2-3-7-16(14)30-22(24)25/h2-8,22H,9-12H2,1H3. The van der Waals surface area contributed by atoms with Crippen LogP contribution in [0.3, 0.4) is 0 Å². The van der Waals surface area contributed by atoms with Crippen LogP contribution in [0.1, 0.15) is 25.6 Å². The number of carbonyl (C=O) groups is 2. The third-order valence-corrected chi connectivity index (χ3v) is 6.53. The molecule has 9 heteroatoms. The number of para-hydroxylation sites is 1. The van der Waals surface area contributed by atoms with Gasteiger partial charge < -0.3 is 14.5 Å². The smallest absolute Gasteiger partial charge is 0.387 e. The lowest BCUT2D eigenvalue weighted by atomic mass is 10.1. The SMILES string of the molecule is Cc1c(C(=O)N2CCN(C(=O)c3ccccc3OC(F)F)CC2)sc2cccc(F)c12. The van der Waals surface area contributed by atoms with Crippen LogP contribution in [0.25, 0.3) is 10.1 Å². The number of ether oxygens (including phenoxy) is 1. The largest absolute Gasteiger partial charge is 0.434 e. The maximum Gasteiger partial charge on any atom is 0.387 e. The van der Waals surface area contributed by atoms with E-state index in [4.69, 9.17) is 0 Å². The molecular weight excluding hydrogens is 429 g/mol. The van der Waals surface area contributed by atoms with Crippen LogP contribution in [0, 0.1) is 12.7 Å². The van der Waals surface area contributed by atoms with E-state index in [1.165, 1.54) is 40.5 Å². The van der Waals surface area contributed by atoms with E-state index in [1.54, 1.807) is 30.0 Å². The van der Waals surface area contributed by atoms with E-state index in [0.29, 0.717) is 33.6 Å². The van der Waals surface area contributed by atoms with Crippen LogP contribution < -0.4 is 4.74 Å². The second kappa shape index (κ2) is 8.58. The first-order valence-corrected chi connectivity index (χ1v) is 10.5. The highest BCUT2D eigenvalue weighted by molar-refractivity contribution is 7.21. The Kier molecular flexibility index (Phi) is 5.86. The van der Waals surface area contributed by atoms with Gasteiger partial charge in [-0.2, -0.15) is 8.78 Å². The number of rotatable bonds is 4. The lowest BCUT2D eigenvalue weighted by Crippen LogP contribution is -2.50. The van der Waals surface area contributed by atoms with Crippen LogP contribution in [0.4, 0.5) is 13.2 Å². The van der Waals surface area contributed by atoms with Crippen LogP contribution in [0.15, 0.2) is 42.5 Å². The molecule has 1 aromatic heterocycles. The molecule has 4 rings (SSSR count). The van der Waals surface area contributed by atoms with Crippen molar-refractivity contribution >= 4 is 33.2 Å². The van der Waals surface area contributed by atoms with Crippen molar-refractivity contribution in [2.45, 2.75) is 13.5 Å². The summed E-state index contributed by atoms with van der Waals surface area (Å²) in [6, 6.07) is 10.6. The number of alkyl halides is 2. The van der Waals surface area contributed by atoms with E-state index in [0.717, 1.165) is 0 Å². The van der Waals surface area contributed by atoms with E-state index >= 15 is 0 Å². The molecule has 0 spiro atoms. The fourth-order valence-corrected chi connectivity index (χ4v) is 4.92. The van der Waals surface area contributed by atoms with E-state index in [-0.39, 0.29) is 36.1 Å². The summed E-state index contributed by atoms with van der Waals surface area (Å²) in [5, 5.41) is 0.459. The summed E-state index contributed by atoms with van der Waals surface area (Å²) in [5.74, 6) is -1.16. The van der Waals surface area contributed by atoms with Gasteiger partial charge in [0.2, 0.25) is 0 Å². The first-order valence-electron chi connectivity index (χ1n) is 9.67. The maximum absolute atomic E-state index is 14.2. The maximum atomic E-state index is 14.2. The minimum atomic E-state index is -3.03. The van der Waals surface area contributed by atoms with Crippen molar-refractivity contribution in [3.05, 3.63) is 64.3 Å². The molecule has 0 bridgehead atoms. The molecule has 1 aliphatic rings. The molecule has 0 radical (unpaired) electrons. The number of nitrogens with zero attached hydrogens (tertiary/aromatic N) is 2. The number of fused-ring (bicyclic) bond motifs is 1. The highest BCUT2D eigenvalue weighted by Crippen LogP contribution is 2.33. The van der Waals surface area contributed by atoms with Crippen LogP contribution in [-0.4, -0.2) is 54.4 Å². The number of benzene rings is 2. The average Bonchev–Trinajstić information content (AvgIpc) is 3.10. The van der Waals surface area contributed by atoms with Crippen molar-refractivity contribution in [2.24, 2.45) is 0 Å². The molecule has 5 nitrogen and oxygen atoms in total. The van der Waals surface area contributed by atoms with Gasteiger partial charge in [-0.1, -0.05) is 18.2 Å². The van der Waals surface area contributed by atoms with Crippen LogP contribution in [0.2, 0.25) is 0 Å². The molecular formula is C22H19F3N2O3S. The normalized spacial score (nSPS) is 14.4. The van der Waals surface area contributed by atoms with Crippen LogP contribution >= 0.6 is 11.3 Å². The molecule has 162 valence electrons. The summed E-state index contributed by atoms with van der Waals surface area (Å²) in [4.78, 5) is 29.5. The van der Waals surface area contributed by atoms with Gasteiger partial charge in [0.25, 0.3) is 11.8 Å². The van der Waals surface area contributed by atoms with Gasteiger partial charge in [-0.15, -0.1) is 11.3 Å². The fraction of sp³-hybridized carbons (Fsp3) is 0.273. The zero-order valence-electron chi connectivity index (χ0n) is 16.6. The van der Waals surface area contributed by atoms with E-state index in [2.05, 4.69) is 4.74 Å². The number of halogens is 3. The number of amides is 2. The van der Waals surface area contributed by atoms with Gasteiger partial charge in [0, 0.05) is 36.3 Å². The molecule has 2 heterocycles. The number of aryl methyl sites for hydroxylation is 1. The topological polar surface area (TPSA) is 49.9 Å². The Morgan fingerprint density at radius 1 is 0.968 bits per heavy atom. The summed E-state index contributed by atoms with van der Waals surface area (Å²) >= 11 is 1.25. The monoisotopic (exact) mass is 448 g/mol. The van der Waals surface area contributed by atoms with Crippen molar-refractivity contribution in [3.63, 3.8) is 0 Å². The second-order valence-electron chi connectivity index (χ2n) is 7.13. The number of piperazine rings is 1. The molecule has 2 amide bonds. The molecule has 1 aliphatic heterocycles. The fourth-order valence-electron chi connectivity index (χ4n) is 3.73. The van der Waals surface area contributed by atoms with E-state index < -0.39 is 12.5 Å². The zero-order chi connectivity index (χ0) is 22.1. The van der Waals surface area contributed by atoms with Gasteiger partial charge in [0.05, 0.1) is 10.4 Å². The van der Waals surface area contributed by atoms with Crippen molar-refractivity contribution < 1.29 is 27.5 Å². The Bertz CT molecular complexity index is 1140. The van der Waals surface area contributed by atoms with Crippen LogP contribution in [-0.2, 0) is 0 Å². The molecule has 31 heavy (non-hydrogen) atoms. The molecule has 0 aliphatic carbocycles. The van der Waals surface area contributed by atoms with Gasteiger partial charge in [0.15, 0.2) is 0 Å². The molecule has 0 atom stereocenters. The van der Waals surface area contributed by atoms with Gasteiger partial charge in [-0.05, 0) is 36.8 Å². The second-order valence-corrected chi connectivity index (χ2v) is 8.18. The van der Waals surface area contributed by atoms with Crippen LogP contribution in [0.5, 0.6) is 5.75 Å². The number of thiophene rings is 1. The predicted molar refractivity (Wildman–Crippen MR) is 111 cm³/mol. The molecule has 1 saturated heterocycles. The molecule has 0 saturated carbocycles. The Morgan fingerprint density at radius 3 is 2.26 bits per heavy atom. The number of carbonyl (C=O) groups excluding carboxylic acids is 2. The predicted octanol–water partition coefficient (Wildman–Crippen LogP) is 4.55. The lowest BCUT2D eigenvalue weighted by Gasteiger charge is -2.35. The Hall–Kier alpha value is -3.07. The Labute approximate surface area is 180 Å². The van der Waals surface area contributed by atoms with Gasteiger partial charge in [-0.25, -0.2) is 4.39 Å². The minimum absolute atomic E-state index is 0.0541. The quantitative estimate of drug-likeness (QED) is 0.589. The van der Waals surface area contributed by atoms with Crippen molar-refractivity contribution in [1.29, 1.82) is 0 Å². The Morgan fingerprint density at radius 2 is 1.61 bits per heavy atom. The Balaban J connectivity index is 1.47. The van der Waals surface area contributed by atoms with Crippen molar-refractivity contribution in [1.82, 2.24) is 9.80 Å². The molecule has 3 aromatic rings. The average molecular weight is 448 g/mol. The number of hydrogen-bond donors (Lipinski definition) is 0. The summed E-state index contributed by atoms with van der Waals surface area (Å²) in [7, 11) is 0. The molecule has 1 fully saturated rings. The van der Waals surface area contributed by atoms with E-state index in [1.807, 2.05) is 0 Å². The van der Waals surface area contributed by atoms with Gasteiger partial charge >= 0.3 is 6.61 Å². The lowest BCUT2D eigenvalue weighted by molar-refractivity contribution is -0.0503.